The summed E-state index contributed by atoms with van der Waals surface area (Å²) in [5.74, 6) is 0.625. The van der Waals surface area contributed by atoms with Gasteiger partial charge in [0.1, 0.15) is 0 Å². The van der Waals surface area contributed by atoms with Crippen molar-refractivity contribution in [2.24, 2.45) is 0 Å². The van der Waals surface area contributed by atoms with Crippen LogP contribution in [-0.2, 0) is 4.74 Å². The molecule has 0 spiro atoms. The van der Waals surface area contributed by atoms with Crippen molar-refractivity contribution in [2.45, 2.75) is 52.5 Å². The van der Waals surface area contributed by atoms with Gasteiger partial charge < -0.3 is 19.8 Å². The molecular weight excluding hydrogens is 256 g/mol. The molecule has 2 N–H and O–H groups in total. The summed E-state index contributed by atoms with van der Waals surface area (Å²) in [7, 11) is 0. The summed E-state index contributed by atoms with van der Waals surface area (Å²) < 4.78 is 11.0. The first-order valence-electron chi connectivity index (χ1n) is 7.66. The van der Waals surface area contributed by atoms with Crippen LogP contribution in [0.5, 0.6) is 0 Å². The first-order valence-corrected chi connectivity index (χ1v) is 7.66. The molecule has 0 fully saturated rings. The highest BCUT2D eigenvalue weighted by molar-refractivity contribution is 5.16. The van der Waals surface area contributed by atoms with Gasteiger partial charge in [-0.15, -0.1) is 5.10 Å². The molecule has 0 aliphatic rings. The Kier molecular flexibility index (Phi) is 8.98. The fourth-order valence-corrected chi connectivity index (χ4v) is 1.65. The summed E-state index contributed by atoms with van der Waals surface area (Å²) in [6, 6.07) is 0.578. The highest BCUT2D eigenvalue weighted by atomic mass is 16.5. The summed E-state index contributed by atoms with van der Waals surface area (Å²) in [5, 5.41) is 14.5. The van der Waals surface area contributed by atoms with Gasteiger partial charge in [0.25, 0.3) is 0 Å². The molecule has 6 heteroatoms. The lowest BCUT2D eigenvalue weighted by Gasteiger charge is -2.07. The molecule has 1 unspecified atom stereocenters. The highest BCUT2D eigenvalue weighted by Crippen LogP contribution is 2.13. The Morgan fingerprint density at radius 3 is 2.65 bits per heavy atom. The molecule has 0 bridgehead atoms. The van der Waals surface area contributed by atoms with Crippen molar-refractivity contribution < 1.29 is 9.15 Å². The molecule has 116 valence electrons. The molecule has 1 atom stereocenters. The number of unbranched alkanes of at least 4 members (excludes halogenated alkanes) is 1. The van der Waals surface area contributed by atoms with Crippen LogP contribution in [0.25, 0.3) is 0 Å². The van der Waals surface area contributed by atoms with Gasteiger partial charge in [-0.25, -0.2) is 0 Å². The lowest BCUT2D eigenvalue weighted by atomic mass is 10.3. The summed E-state index contributed by atoms with van der Waals surface area (Å²) in [6.07, 6.45) is 4.32. The van der Waals surface area contributed by atoms with Crippen LogP contribution in [-0.4, -0.2) is 36.5 Å². The maximum Gasteiger partial charge on any atom is 0.315 e. The molecule has 0 aromatic carbocycles. The number of hydrogen-bond acceptors (Lipinski definition) is 6. The molecule has 1 aromatic heterocycles. The summed E-state index contributed by atoms with van der Waals surface area (Å²) >= 11 is 0. The van der Waals surface area contributed by atoms with Gasteiger partial charge in [0.2, 0.25) is 5.89 Å². The smallest absolute Gasteiger partial charge is 0.315 e. The van der Waals surface area contributed by atoms with Crippen molar-refractivity contribution in [3.8, 4) is 0 Å². The van der Waals surface area contributed by atoms with E-state index in [1.165, 1.54) is 6.42 Å². The second kappa shape index (κ2) is 10.6. The number of aromatic nitrogens is 2. The van der Waals surface area contributed by atoms with Crippen molar-refractivity contribution in [2.75, 3.05) is 31.6 Å². The molecule has 20 heavy (non-hydrogen) atoms. The van der Waals surface area contributed by atoms with Crippen LogP contribution in [0.2, 0.25) is 0 Å². The minimum atomic E-state index is 0.0929. The molecule has 1 aromatic rings. The third-order valence-corrected chi connectivity index (χ3v) is 2.90. The van der Waals surface area contributed by atoms with E-state index in [4.69, 9.17) is 9.15 Å². The van der Waals surface area contributed by atoms with Crippen LogP contribution in [0.1, 0.15) is 58.4 Å². The van der Waals surface area contributed by atoms with Gasteiger partial charge in [-0.3, -0.25) is 0 Å². The molecule has 0 radical (unpaired) electrons. The third kappa shape index (κ3) is 6.86. The van der Waals surface area contributed by atoms with E-state index in [1.807, 2.05) is 6.92 Å². The third-order valence-electron chi connectivity index (χ3n) is 2.90. The second-order valence-electron chi connectivity index (χ2n) is 4.87. The standard InChI is InChI=1S/C14H28N4O2/c1-4-6-10-19-11-7-9-16-14-18-17-13(20-14)12(3)15-8-5-2/h12,15H,4-11H2,1-3H3,(H,16,18). The van der Waals surface area contributed by atoms with Crippen molar-refractivity contribution in [1.82, 2.24) is 15.5 Å². The van der Waals surface area contributed by atoms with E-state index < -0.39 is 0 Å². The van der Waals surface area contributed by atoms with Crippen molar-refractivity contribution in [3.05, 3.63) is 5.89 Å². The van der Waals surface area contributed by atoms with Gasteiger partial charge in [-0.05, 0) is 32.7 Å². The minimum Gasteiger partial charge on any atom is -0.406 e. The number of nitrogens with one attached hydrogen (secondary N) is 2. The first-order chi connectivity index (χ1) is 9.77. The topological polar surface area (TPSA) is 72.2 Å². The Hall–Kier alpha value is -1.14. The molecule has 0 saturated heterocycles. The number of ether oxygens (including phenoxy) is 1. The maximum atomic E-state index is 5.55. The highest BCUT2D eigenvalue weighted by Gasteiger charge is 2.12. The molecular formula is C14H28N4O2. The van der Waals surface area contributed by atoms with Gasteiger partial charge in [-0.1, -0.05) is 25.4 Å². The van der Waals surface area contributed by atoms with Crippen LogP contribution < -0.4 is 10.6 Å². The van der Waals surface area contributed by atoms with Gasteiger partial charge in [0, 0.05) is 19.8 Å². The number of rotatable bonds is 12. The second-order valence-corrected chi connectivity index (χ2v) is 4.87. The average molecular weight is 284 g/mol. The van der Waals surface area contributed by atoms with Crippen LogP contribution in [0.15, 0.2) is 4.42 Å². The van der Waals surface area contributed by atoms with Crippen molar-refractivity contribution >= 4 is 6.01 Å². The minimum absolute atomic E-state index is 0.0929. The Morgan fingerprint density at radius 2 is 1.90 bits per heavy atom. The molecule has 0 amide bonds. The fourth-order valence-electron chi connectivity index (χ4n) is 1.65. The summed E-state index contributed by atoms with van der Waals surface area (Å²) in [6.45, 7) is 9.66. The lowest BCUT2D eigenvalue weighted by molar-refractivity contribution is 0.131. The lowest BCUT2D eigenvalue weighted by Crippen LogP contribution is -2.19. The largest absolute Gasteiger partial charge is 0.406 e. The first kappa shape index (κ1) is 16.9. The van der Waals surface area contributed by atoms with Crippen molar-refractivity contribution in [1.29, 1.82) is 0 Å². The number of hydrogen-bond donors (Lipinski definition) is 2. The van der Waals surface area contributed by atoms with Crippen molar-refractivity contribution in [3.63, 3.8) is 0 Å². The maximum absolute atomic E-state index is 5.55. The van der Waals surface area contributed by atoms with Crippen LogP contribution in [0.4, 0.5) is 6.01 Å². The predicted molar refractivity (Wildman–Crippen MR) is 79.8 cm³/mol. The zero-order valence-corrected chi connectivity index (χ0v) is 12.9. The Morgan fingerprint density at radius 1 is 1.10 bits per heavy atom. The molecule has 1 rings (SSSR count). The average Bonchev–Trinajstić information content (AvgIpc) is 2.92. The van der Waals surface area contributed by atoms with Crippen LogP contribution in [0, 0.1) is 0 Å². The Labute approximate surface area is 121 Å². The zero-order valence-electron chi connectivity index (χ0n) is 12.9. The van der Waals surface area contributed by atoms with E-state index in [-0.39, 0.29) is 6.04 Å². The van der Waals surface area contributed by atoms with Gasteiger partial charge in [-0.2, -0.15) is 0 Å². The normalized spacial score (nSPS) is 12.6. The fraction of sp³-hybridized carbons (Fsp3) is 0.857. The number of nitrogens with zero attached hydrogens (tertiary/aromatic N) is 2. The number of anilines is 1. The molecule has 0 aliphatic carbocycles. The zero-order chi connectivity index (χ0) is 14.6. The van der Waals surface area contributed by atoms with E-state index in [2.05, 4.69) is 34.7 Å². The van der Waals surface area contributed by atoms with E-state index in [0.717, 1.165) is 45.6 Å². The van der Waals surface area contributed by atoms with Crippen LogP contribution in [0.3, 0.4) is 0 Å². The van der Waals surface area contributed by atoms with E-state index >= 15 is 0 Å². The quantitative estimate of drug-likeness (QED) is 0.575. The van der Waals surface area contributed by atoms with Gasteiger partial charge >= 0.3 is 6.01 Å². The Bertz CT molecular complexity index is 344. The molecule has 1 heterocycles. The molecule has 0 aliphatic heterocycles. The molecule has 0 saturated carbocycles. The monoisotopic (exact) mass is 284 g/mol. The Balaban J connectivity index is 2.13. The predicted octanol–water partition coefficient (Wildman–Crippen LogP) is 2.75. The summed E-state index contributed by atoms with van der Waals surface area (Å²) in [5.41, 5.74) is 0. The SMILES string of the molecule is CCCCOCCCNc1nnc(C(C)NCCC)o1. The van der Waals surface area contributed by atoms with Crippen LogP contribution >= 0.6 is 0 Å². The van der Waals surface area contributed by atoms with Gasteiger partial charge in [0.15, 0.2) is 0 Å². The van der Waals surface area contributed by atoms with E-state index in [0.29, 0.717) is 11.9 Å². The van der Waals surface area contributed by atoms with E-state index in [1.54, 1.807) is 0 Å². The summed E-state index contributed by atoms with van der Waals surface area (Å²) in [4.78, 5) is 0. The van der Waals surface area contributed by atoms with Gasteiger partial charge in [0.05, 0.1) is 6.04 Å². The van der Waals surface area contributed by atoms with E-state index in [9.17, 15) is 0 Å². The molecule has 6 nitrogen and oxygen atoms in total.